The summed E-state index contributed by atoms with van der Waals surface area (Å²) in [6.07, 6.45) is 0.807. The predicted molar refractivity (Wildman–Crippen MR) is 137 cm³/mol. The third kappa shape index (κ3) is 8.61. The Morgan fingerprint density at radius 3 is 2.40 bits per heavy atom. The van der Waals surface area contributed by atoms with E-state index in [1.54, 1.807) is 14.1 Å². The molecule has 1 amide bonds. The molecule has 0 fully saturated rings. The SMILES string of the molecule is CN=C(NCCc1cccc(C(=O)NC)c1)NCC(Nc1ccccc1)C(C)C.I. The number of aliphatic imine (C=N–C) groups is 1. The van der Waals surface area contributed by atoms with Crippen LogP contribution in [-0.4, -0.2) is 45.1 Å². The van der Waals surface area contributed by atoms with Crippen molar-refractivity contribution in [2.24, 2.45) is 10.9 Å². The zero-order valence-electron chi connectivity index (χ0n) is 18.2. The number of anilines is 1. The molecule has 2 aromatic carbocycles. The second-order valence-corrected chi connectivity index (χ2v) is 7.27. The van der Waals surface area contributed by atoms with Crippen molar-refractivity contribution in [2.45, 2.75) is 26.3 Å². The molecule has 0 saturated carbocycles. The van der Waals surface area contributed by atoms with Crippen LogP contribution < -0.4 is 21.3 Å². The Bertz CT molecular complexity index is 795. The molecule has 30 heavy (non-hydrogen) atoms. The van der Waals surface area contributed by atoms with E-state index in [1.807, 2.05) is 42.5 Å². The van der Waals surface area contributed by atoms with Gasteiger partial charge in [-0.05, 0) is 42.2 Å². The number of carbonyl (C=O) groups excluding carboxylic acids is 1. The van der Waals surface area contributed by atoms with Crippen molar-refractivity contribution in [3.63, 3.8) is 0 Å². The van der Waals surface area contributed by atoms with Gasteiger partial charge >= 0.3 is 0 Å². The van der Waals surface area contributed by atoms with Crippen molar-refractivity contribution in [2.75, 3.05) is 32.5 Å². The van der Waals surface area contributed by atoms with E-state index >= 15 is 0 Å². The van der Waals surface area contributed by atoms with Gasteiger partial charge in [0.05, 0.1) is 0 Å². The van der Waals surface area contributed by atoms with E-state index in [4.69, 9.17) is 0 Å². The Balaban J connectivity index is 0.00000450. The van der Waals surface area contributed by atoms with Gasteiger partial charge < -0.3 is 21.3 Å². The second-order valence-electron chi connectivity index (χ2n) is 7.27. The van der Waals surface area contributed by atoms with Gasteiger partial charge in [-0.3, -0.25) is 9.79 Å². The van der Waals surface area contributed by atoms with E-state index in [1.165, 1.54) is 0 Å². The molecular formula is C23H34IN5O. The molecule has 7 heteroatoms. The summed E-state index contributed by atoms with van der Waals surface area (Å²) in [5.74, 6) is 1.17. The van der Waals surface area contributed by atoms with Crippen LogP contribution in [0.2, 0.25) is 0 Å². The molecule has 1 atom stereocenters. The minimum atomic E-state index is -0.0667. The van der Waals surface area contributed by atoms with Gasteiger partial charge in [0.1, 0.15) is 0 Å². The van der Waals surface area contributed by atoms with Crippen molar-refractivity contribution in [1.29, 1.82) is 0 Å². The standard InChI is InChI=1S/C23H33N5O.HI/c1-17(2)21(28-20-11-6-5-7-12-20)16-27-23(25-4)26-14-13-18-9-8-10-19(15-18)22(29)24-3;/h5-12,15,17,21,28H,13-14,16H2,1-4H3,(H,24,29)(H2,25,26,27);1H. The van der Waals surface area contributed by atoms with Crippen LogP contribution in [0.3, 0.4) is 0 Å². The molecule has 0 aliphatic carbocycles. The summed E-state index contributed by atoms with van der Waals surface area (Å²) in [6.45, 7) is 5.91. The summed E-state index contributed by atoms with van der Waals surface area (Å²) in [5, 5.41) is 13.0. The number of halogens is 1. The maximum atomic E-state index is 11.8. The molecule has 0 aliphatic rings. The summed E-state index contributed by atoms with van der Waals surface area (Å²) < 4.78 is 0. The smallest absolute Gasteiger partial charge is 0.251 e. The maximum absolute atomic E-state index is 11.8. The number of benzene rings is 2. The van der Waals surface area contributed by atoms with Crippen LogP contribution in [0.5, 0.6) is 0 Å². The number of rotatable bonds is 9. The van der Waals surface area contributed by atoms with Crippen LogP contribution in [-0.2, 0) is 6.42 Å². The molecular weight excluding hydrogens is 489 g/mol. The highest BCUT2D eigenvalue weighted by molar-refractivity contribution is 14.0. The first kappa shape index (κ1) is 25.7. The fourth-order valence-electron chi connectivity index (χ4n) is 2.97. The average Bonchev–Trinajstić information content (AvgIpc) is 2.75. The molecule has 6 nitrogen and oxygen atoms in total. The first-order chi connectivity index (χ1) is 14.0. The van der Waals surface area contributed by atoms with Crippen LogP contribution >= 0.6 is 24.0 Å². The lowest BCUT2D eigenvalue weighted by Crippen LogP contribution is -2.45. The molecule has 0 saturated heterocycles. The summed E-state index contributed by atoms with van der Waals surface area (Å²) in [4.78, 5) is 16.1. The van der Waals surface area contributed by atoms with Gasteiger partial charge in [0.25, 0.3) is 5.91 Å². The third-order valence-corrected chi connectivity index (χ3v) is 4.77. The largest absolute Gasteiger partial charge is 0.380 e. The van der Waals surface area contributed by atoms with Crippen LogP contribution in [0.1, 0.15) is 29.8 Å². The first-order valence-corrected chi connectivity index (χ1v) is 10.1. The zero-order chi connectivity index (χ0) is 21.1. The van der Waals surface area contributed by atoms with Gasteiger partial charge in [-0.1, -0.05) is 44.2 Å². The Labute approximate surface area is 197 Å². The molecule has 0 radical (unpaired) electrons. The van der Waals surface area contributed by atoms with Crippen molar-refractivity contribution >= 4 is 41.5 Å². The minimum Gasteiger partial charge on any atom is -0.380 e. The van der Waals surface area contributed by atoms with Gasteiger partial charge in [-0.25, -0.2) is 0 Å². The molecule has 0 aromatic heterocycles. The molecule has 0 heterocycles. The molecule has 164 valence electrons. The molecule has 0 bridgehead atoms. The van der Waals surface area contributed by atoms with Crippen molar-refractivity contribution < 1.29 is 4.79 Å². The van der Waals surface area contributed by atoms with Crippen molar-refractivity contribution in [1.82, 2.24) is 16.0 Å². The topological polar surface area (TPSA) is 77.5 Å². The van der Waals surface area contributed by atoms with Crippen LogP contribution in [0, 0.1) is 5.92 Å². The van der Waals surface area contributed by atoms with Gasteiger partial charge in [-0.15, -0.1) is 24.0 Å². The zero-order valence-corrected chi connectivity index (χ0v) is 20.6. The maximum Gasteiger partial charge on any atom is 0.251 e. The lowest BCUT2D eigenvalue weighted by molar-refractivity contribution is 0.0963. The fraction of sp³-hybridized carbons (Fsp3) is 0.391. The second kappa shape index (κ2) is 13.8. The van der Waals surface area contributed by atoms with E-state index in [9.17, 15) is 4.79 Å². The summed E-state index contributed by atoms with van der Waals surface area (Å²) >= 11 is 0. The van der Waals surface area contributed by atoms with Crippen LogP contribution in [0.25, 0.3) is 0 Å². The van der Waals surface area contributed by atoms with Gasteiger partial charge in [0.2, 0.25) is 0 Å². The lowest BCUT2D eigenvalue weighted by atomic mass is 10.0. The van der Waals surface area contributed by atoms with Gasteiger partial charge in [-0.2, -0.15) is 0 Å². The van der Waals surface area contributed by atoms with Crippen LogP contribution in [0.15, 0.2) is 59.6 Å². The monoisotopic (exact) mass is 523 g/mol. The highest BCUT2D eigenvalue weighted by Crippen LogP contribution is 2.11. The van der Waals surface area contributed by atoms with Gasteiger partial charge in [0.15, 0.2) is 5.96 Å². The number of nitrogens with one attached hydrogen (secondary N) is 4. The molecule has 1 unspecified atom stereocenters. The highest BCUT2D eigenvalue weighted by atomic mass is 127. The van der Waals surface area contributed by atoms with E-state index in [0.717, 1.165) is 36.7 Å². The number of nitrogens with zero attached hydrogens (tertiary/aromatic N) is 1. The first-order valence-electron chi connectivity index (χ1n) is 10.1. The number of amides is 1. The molecule has 4 N–H and O–H groups in total. The lowest BCUT2D eigenvalue weighted by Gasteiger charge is -2.25. The predicted octanol–water partition coefficient (Wildman–Crippen LogP) is 3.51. The normalized spacial score (nSPS) is 12.0. The number of guanidine groups is 1. The van der Waals surface area contributed by atoms with E-state index in [0.29, 0.717) is 11.5 Å². The Kier molecular flexibility index (Phi) is 11.9. The van der Waals surface area contributed by atoms with Crippen LogP contribution in [0.4, 0.5) is 5.69 Å². The van der Waals surface area contributed by atoms with E-state index in [2.05, 4.69) is 52.2 Å². The number of hydrogen-bond acceptors (Lipinski definition) is 3. The van der Waals surface area contributed by atoms with Crippen molar-refractivity contribution in [3.8, 4) is 0 Å². The molecule has 0 spiro atoms. The Hall–Kier alpha value is -2.29. The van der Waals surface area contributed by atoms with Gasteiger partial charge in [0, 0.05) is 44.5 Å². The third-order valence-electron chi connectivity index (χ3n) is 4.77. The molecule has 2 rings (SSSR count). The number of carbonyl (C=O) groups is 1. The summed E-state index contributed by atoms with van der Waals surface area (Å²) in [5.41, 5.74) is 2.91. The van der Waals surface area contributed by atoms with E-state index < -0.39 is 0 Å². The minimum absolute atomic E-state index is 0. The highest BCUT2D eigenvalue weighted by Gasteiger charge is 2.13. The Morgan fingerprint density at radius 1 is 1.03 bits per heavy atom. The quantitative estimate of drug-likeness (QED) is 0.231. The van der Waals surface area contributed by atoms with E-state index in [-0.39, 0.29) is 35.9 Å². The fourth-order valence-corrected chi connectivity index (χ4v) is 2.97. The molecule has 2 aromatic rings. The summed E-state index contributed by atoms with van der Waals surface area (Å²) in [7, 11) is 3.42. The summed E-state index contributed by atoms with van der Waals surface area (Å²) in [6, 6.07) is 18.2. The Morgan fingerprint density at radius 2 is 1.77 bits per heavy atom. The number of hydrogen-bond donors (Lipinski definition) is 4. The molecule has 0 aliphatic heterocycles. The number of para-hydroxylation sites is 1. The average molecular weight is 523 g/mol. The van der Waals surface area contributed by atoms with Crippen molar-refractivity contribution in [3.05, 3.63) is 65.7 Å².